The van der Waals surface area contributed by atoms with E-state index < -0.39 is 0 Å². The predicted octanol–water partition coefficient (Wildman–Crippen LogP) is 15.6. The summed E-state index contributed by atoms with van der Waals surface area (Å²) in [6.45, 7) is 4.73. The lowest BCUT2D eigenvalue weighted by molar-refractivity contribution is 0.660. The number of fused-ring (bicyclic) bond motifs is 6. The van der Waals surface area contributed by atoms with Crippen molar-refractivity contribution in [1.29, 1.82) is 0 Å². The van der Waals surface area contributed by atoms with Crippen molar-refractivity contribution >= 4 is 38.9 Å². The van der Waals surface area contributed by atoms with Gasteiger partial charge >= 0.3 is 0 Å². The van der Waals surface area contributed by atoms with Crippen LogP contribution in [0, 0.1) is 0 Å². The highest BCUT2D eigenvalue weighted by molar-refractivity contribution is 6.17. The van der Waals surface area contributed by atoms with Crippen molar-refractivity contribution in [3.63, 3.8) is 0 Å². The fraction of sp³-hybridized carbons (Fsp3) is 0.0526. The lowest BCUT2D eigenvalue weighted by Crippen LogP contribution is -2.16. The molecule has 11 rings (SSSR count). The van der Waals surface area contributed by atoms with Gasteiger partial charge < -0.3 is 9.47 Å². The maximum atomic E-state index is 2.46. The Labute approximate surface area is 345 Å². The van der Waals surface area contributed by atoms with Gasteiger partial charge in [0, 0.05) is 38.9 Å². The number of aromatic nitrogens is 1. The summed E-state index contributed by atoms with van der Waals surface area (Å²) in [5.74, 6) is 0. The maximum Gasteiger partial charge on any atom is 0.0568 e. The topological polar surface area (TPSA) is 8.17 Å². The minimum absolute atomic E-state index is 0.141. The molecule has 1 heterocycles. The minimum atomic E-state index is -0.141. The number of hydrogen-bond donors (Lipinski definition) is 0. The zero-order valence-corrected chi connectivity index (χ0v) is 33.2. The summed E-state index contributed by atoms with van der Waals surface area (Å²) in [6, 6.07) is 80.0. The lowest BCUT2D eigenvalue weighted by Gasteiger charge is -2.29. The zero-order valence-electron chi connectivity index (χ0n) is 33.2. The monoisotopic (exact) mass is 754 g/mol. The molecule has 0 aliphatic heterocycles. The van der Waals surface area contributed by atoms with Crippen LogP contribution in [0.4, 0.5) is 17.1 Å². The summed E-state index contributed by atoms with van der Waals surface area (Å²) in [7, 11) is 0. The van der Waals surface area contributed by atoms with E-state index in [4.69, 9.17) is 0 Å². The van der Waals surface area contributed by atoms with Gasteiger partial charge in [0.05, 0.1) is 11.0 Å². The first-order chi connectivity index (χ1) is 29.0. The number of benzene rings is 9. The number of anilines is 3. The van der Waals surface area contributed by atoms with Gasteiger partial charge in [0.15, 0.2) is 0 Å². The Bertz CT molecular complexity index is 3160. The lowest BCUT2D eigenvalue weighted by atomic mass is 9.82. The molecule has 1 aliphatic carbocycles. The van der Waals surface area contributed by atoms with E-state index in [1.165, 1.54) is 71.9 Å². The van der Waals surface area contributed by atoms with Crippen molar-refractivity contribution < 1.29 is 0 Å². The molecule has 0 bridgehead atoms. The highest BCUT2D eigenvalue weighted by Crippen LogP contribution is 2.51. The second-order valence-electron chi connectivity index (χ2n) is 16.2. The van der Waals surface area contributed by atoms with E-state index in [-0.39, 0.29) is 5.41 Å². The van der Waals surface area contributed by atoms with Crippen molar-refractivity contribution in [2.45, 2.75) is 19.3 Å². The van der Waals surface area contributed by atoms with Gasteiger partial charge in [-0.2, -0.15) is 0 Å². The van der Waals surface area contributed by atoms with Crippen LogP contribution in [0.3, 0.4) is 0 Å². The number of para-hydroxylation sites is 2. The first kappa shape index (κ1) is 34.8. The van der Waals surface area contributed by atoms with Crippen molar-refractivity contribution in [2.75, 3.05) is 4.90 Å². The Balaban J connectivity index is 1.20. The van der Waals surface area contributed by atoms with Gasteiger partial charge in [0.1, 0.15) is 0 Å². The standard InChI is InChI=1S/C57H42N2/c1-57(2)52-27-14-12-25-48(52)49-34-33-46(37-53(49)57)58(45-31-29-41(30-32-45)39-17-6-3-7-18-39)47-36-51(43-22-16-21-42(35-43)40-19-8-4-9-20-40)56-50-26-13-15-28-54(50)59(55(56)38-47)44-23-10-5-11-24-44/h3-38H,1-2H3. The van der Waals surface area contributed by atoms with Gasteiger partial charge in [-0.1, -0.05) is 172 Å². The Kier molecular flexibility index (Phi) is 8.20. The van der Waals surface area contributed by atoms with Crippen LogP contribution in [0.1, 0.15) is 25.0 Å². The maximum absolute atomic E-state index is 2.46. The number of rotatable bonds is 7. The van der Waals surface area contributed by atoms with E-state index in [1.807, 2.05) is 0 Å². The molecule has 0 fully saturated rings. The van der Waals surface area contributed by atoms with Crippen molar-refractivity contribution in [1.82, 2.24) is 4.57 Å². The van der Waals surface area contributed by atoms with Gasteiger partial charge in [-0.05, 0) is 116 Å². The first-order valence-electron chi connectivity index (χ1n) is 20.5. The molecule has 2 nitrogen and oxygen atoms in total. The van der Waals surface area contributed by atoms with E-state index >= 15 is 0 Å². The second-order valence-corrected chi connectivity index (χ2v) is 16.2. The van der Waals surface area contributed by atoms with Crippen molar-refractivity contribution in [3.8, 4) is 50.2 Å². The Hall–Kier alpha value is -7.42. The second kappa shape index (κ2) is 13.9. The smallest absolute Gasteiger partial charge is 0.0568 e. The molecule has 2 heteroatoms. The third-order valence-corrected chi connectivity index (χ3v) is 12.4. The summed E-state index contributed by atoms with van der Waals surface area (Å²) in [5.41, 5.74) is 19.2. The molecular formula is C57H42N2. The molecule has 10 aromatic rings. The van der Waals surface area contributed by atoms with Crippen LogP contribution in [0.15, 0.2) is 218 Å². The van der Waals surface area contributed by atoms with Gasteiger partial charge in [0.25, 0.3) is 0 Å². The molecule has 9 aromatic carbocycles. The summed E-state index contributed by atoms with van der Waals surface area (Å²) in [6.07, 6.45) is 0. The van der Waals surface area contributed by atoms with Crippen LogP contribution in [0.2, 0.25) is 0 Å². The van der Waals surface area contributed by atoms with Gasteiger partial charge in [-0.3, -0.25) is 0 Å². The molecule has 0 saturated carbocycles. The van der Waals surface area contributed by atoms with E-state index in [0.717, 1.165) is 28.3 Å². The van der Waals surface area contributed by atoms with Crippen molar-refractivity contribution in [2.24, 2.45) is 0 Å². The van der Waals surface area contributed by atoms with Gasteiger partial charge in [-0.15, -0.1) is 0 Å². The highest BCUT2D eigenvalue weighted by atomic mass is 15.1. The summed E-state index contributed by atoms with van der Waals surface area (Å²) in [4.78, 5) is 2.46. The molecule has 59 heavy (non-hydrogen) atoms. The van der Waals surface area contributed by atoms with E-state index in [9.17, 15) is 0 Å². The molecule has 0 unspecified atom stereocenters. The third-order valence-electron chi connectivity index (χ3n) is 12.4. The summed E-state index contributed by atoms with van der Waals surface area (Å²) in [5, 5.41) is 2.47. The van der Waals surface area contributed by atoms with Crippen LogP contribution in [0.5, 0.6) is 0 Å². The molecule has 0 N–H and O–H groups in total. The summed E-state index contributed by atoms with van der Waals surface area (Å²) < 4.78 is 2.44. The summed E-state index contributed by atoms with van der Waals surface area (Å²) >= 11 is 0. The van der Waals surface area contributed by atoms with Crippen molar-refractivity contribution in [3.05, 3.63) is 230 Å². The fourth-order valence-electron chi connectivity index (χ4n) is 9.50. The van der Waals surface area contributed by atoms with Crippen LogP contribution in [-0.4, -0.2) is 4.57 Å². The van der Waals surface area contributed by atoms with Crippen LogP contribution >= 0.6 is 0 Å². The molecule has 280 valence electrons. The van der Waals surface area contributed by atoms with E-state index in [0.29, 0.717) is 0 Å². The molecule has 0 amide bonds. The quantitative estimate of drug-likeness (QED) is 0.157. The number of hydrogen-bond acceptors (Lipinski definition) is 1. The molecule has 1 aliphatic rings. The molecule has 0 atom stereocenters. The Morgan fingerprint density at radius 1 is 0.356 bits per heavy atom. The number of nitrogens with zero attached hydrogens (tertiary/aromatic N) is 2. The zero-order chi connectivity index (χ0) is 39.5. The Morgan fingerprint density at radius 3 is 1.69 bits per heavy atom. The van der Waals surface area contributed by atoms with E-state index in [1.54, 1.807) is 0 Å². The highest BCUT2D eigenvalue weighted by Gasteiger charge is 2.36. The van der Waals surface area contributed by atoms with Crippen LogP contribution < -0.4 is 4.90 Å². The van der Waals surface area contributed by atoms with Crippen LogP contribution in [-0.2, 0) is 5.41 Å². The Morgan fingerprint density at radius 2 is 0.932 bits per heavy atom. The average Bonchev–Trinajstić information content (AvgIpc) is 3.75. The van der Waals surface area contributed by atoms with Gasteiger partial charge in [-0.25, -0.2) is 0 Å². The van der Waals surface area contributed by atoms with Crippen LogP contribution in [0.25, 0.3) is 72.0 Å². The first-order valence-corrected chi connectivity index (χ1v) is 20.5. The van der Waals surface area contributed by atoms with Gasteiger partial charge in [0.2, 0.25) is 0 Å². The largest absolute Gasteiger partial charge is 0.310 e. The minimum Gasteiger partial charge on any atom is -0.310 e. The fourth-order valence-corrected chi connectivity index (χ4v) is 9.50. The molecule has 0 spiro atoms. The third kappa shape index (κ3) is 5.79. The average molecular weight is 755 g/mol. The molecule has 0 radical (unpaired) electrons. The molecule has 0 saturated heterocycles. The molecular weight excluding hydrogens is 713 g/mol. The van der Waals surface area contributed by atoms with E-state index in [2.05, 4.69) is 242 Å². The molecule has 1 aromatic heterocycles. The normalized spacial score (nSPS) is 12.7. The SMILES string of the molecule is CC1(C)c2ccccc2-c2ccc(N(c3ccc(-c4ccccc4)cc3)c3cc(-c4cccc(-c5ccccc5)c4)c4c5ccccc5n(-c5ccccc5)c4c3)cc21. The predicted molar refractivity (Wildman–Crippen MR) is 249 cm³/mol.